The van der Waals surface area contributed by atoms with Crippen molar-refractivity contribution >= 4 is 15.7 Å². The van der Waals surface area contributed by atoms with Gasteiger partial charge in [-0.3, -0.25) is 4.31 Å². The molecule has 21 heavy (non-hydrogen) atoms. The summed E-state index contributed by atoms with van der Waals surface area (Å²) >= 11 is 0. The van der Waals surface area contributed by atoms with Crippen molar-refractivity contribution in [2.75, 3.05) is 11.4 Å². The van der Waals surface area contributed by atoms with E-state index in [0.717, 1.165) is 6.42 Å². The Morgan fingerprint density at radius 2 is 1.67 bits per heavy atom. The second kappa shape index (κ2) is 6.28. The number of hydrogen-bond acceptors (Lipinski definition) is 3. The molecule has 0 aliphatic rings. The predicted octanol–water partition coefficient (Wildman–Crippen LogP) is 2.53. The average Bonchev–Trinajstić information content (AvgIpc) is 2.54. The molecule has 2 aromatic carbocycles. The summed E-state index contributed by atoms with van der Waals surface area (Å²) in [4.78, 5) is 0.259. The van der Waals surface area contributed by atoms with Gasteiger partial charge in [-0.2, -0.15) is 0 Å². The van der Waals surface area contributed by atoms with Crippen molar-refractivity contribution in [1.29, 1.82) is 0 Å². The molecule has 0 bridgehead atoms. The lowest BCUT2D eigenvalue weighted by Gasteiger charge is -2.21. The van der Waals surface area contributed by atoms with Gasteiger partial charge in [0.1, 0.15) is 0 Å². The quantitative estimate of drug-likeness (QED) is 0.923. The van der Waals surface area contributed by atoms with Gasteiger partial charge in [-0.05, 0) is 35.7 Å². The summed E-state index contributed by atoms with van der Waals surface area (Å²) in [6, 6.07) is 14.3. The number of anilines is 1. The van der Waals surface area contributed by atoms with E-state index in [4.69, 9.17) is 5.73 Å². The van der Waals surface area contributed by atoms with Crippen LogP contribution >= 0.6 is 0 Å². The number of benzene rings is 2. The van der Waals surface area contributed by atoms with E-state index in [1.807, 2.05) is 24.3 Å². The molecule has 0 aromatic heterocycles. The summed E-state index contributed by atoms with van der Waals surface area (Å²) in [6.07, 6.45) is 0.923. The van der Waals surface area contributed by atoms with Crippen molar-refractivity contribution in [1.82, 2.24) is 0 Å². The lowest BCUT2D eigenvalue weighted by Crippen LogP contribution is -2.27. The molecule has 0 saturated heterocycles. The molecular weight excluding hydrogens is 284 g/mol. The summed E-state index contributed by atoms with van der Waals surface area (Å²) in [5, 5.41) is 0. The van der Waals surface area contributed by atoms with Crippen LogP contribution in [0.4, 0.5) is 5.69 Å². The van der Waals surface area contributed by atoms with Crippen molar-refractivity contribution in [3.63, 3.8) is 0 Å². The van der Waals surface area contributed by atoms with Gasteiger partial charge in [0, 0.05) is 13.6 Å². The van der Waals surface area contributed by atoms with Crippen molar-refractivity contribution in [3.05, 3.63) is 59.7 Å². The molecule has 0 spiro atoms. The molecule has 0 aliphatic heterocycles. The lowest BCUT2D eigenvalue weighted by molar-refractivity contribution is 0.593. The fourth-order valence-electron chi connectivity index (χ4n) is 2.15. The Hall–Kier alpha value is -1.85. The maximum atomic E-state index is 12.7. The van der Waals surface area contributed by atoms with Crippen LogP contribution in [0, 0.1) is 0 Å². The molecule has 4 nitrogen and oxygen atoms in total. The first-order chi connectivity index (χ1) is 10.0. The first-order valence-corrected chi connectivity index (χ1v) is 8.30. The highest BCUT2D eigenvalue weighted by atomic mass is 32.2. The van der Waals surface area contributed by atoms with E-state index in [-0.39, 0.29) is 11.4 Å². The van der Waals surface area contributed by atoms with Crippen LogP contribution in [0.3, 0.4) is 0 Å². The molecule has 2 aromatic rings. The van der Waals surface area contributed by atoms with Crippen LogP contribution in [0.5, 0.6) is 0 Å². The number of hydrogen-bond donors (Lipinski definition) is 1. The second-order valence-corrected chi connectivity index (χ2v) is 6.74. The SMILES string of the molecule is CCc1ccc(N(C)S(=O)(=O)c2ccccc2CN)cc1. The van der Waals surface area contributed by atoms with Gasteiger partial charge in [-0.25, -0.2) is 8.42 Å². The van der Waals surface area contributed by atoms with Crippen LogP contribution in [-0.2, 0) is 23.0 Å². The first kappa shape index (κ1) is 15.5. The lowest BCUT2D eigenvalue weighted by atomic mass is 10.1. The van der Waals surface area contributed by atoms with Crippen molar-refractivity contribution in [3.8, 4) is 0 Å². The molecule has 5 heteroatoms. The third kappa shape index (κ3) is 3.09. The highest BCUT2D eigenvalue weighted by Crippen LogP contribution is 2.24. The summed E-state index contributed by atoms with van der Waals surface area (Å²) in [5.74, 6) is 0. The minimum atomic E-state index is -3.60. The third-order valence-corrected chi connectivity index (χ3v) is 5.43. The van der Waals surface area contributed by atoms with E-state index in [0.29, 0.717) is 11.3 Å². The maximum absolute atomic E-state index is 12.7. The summed E-state index contributed by atoms with van der Waals surface area (Å²) in [7, 11) is -2.04. The zero-order valence-electron chi connectivity index (χ0n) is 12.3. The topological polar surface area (TPSA) is 63.4 Å². The van der Waals surface area contributed by atoms with Gasteiger partial charge >= 0.3 is 0 Å². The highest BCUT2D eigenvalue weighted by Gasteiger charge is 2.23. The minimum absolute atomic E-state index is 0.192. The predicted molar refractivity (Wildman–Crippen MR) is 85.7 cm³/mol. The smallest absolute Gasteiger partial charge is 0.264 e. The Morgan fingerprint density at radius 3 is 2.24 bits per heavy atom. The van der Waals surface area contributed by atoms with Gasteiger partial charge in [0.05, 0.1) is 10.6 Å². The first-order valence-electron chi connectivity index (χ1n) is 6.86. The van der Waals surface area contributed by atoms with Gasteiger partial charge in [0.15, 0.2) is 0 Å². The Labute approximate surface area is 126 Å². The average molecular weight is 304 g/mol. The molecular formula is C16H20N2O2S. The summed E-state index contributed by atoms with van der Waals surface area (Å²) in [6.45, 7) is 2.25. The van der Waals surface area contributed by atoms with E-state index in [1.54, 1.807) is 31.3 Å². The monoisotopic (exact) mass is 304 g/mol. The number of aryl methyl sites for hydroxylation is 1. The minimum Gasteiger partial charge on any atom is -0.326 e. The fourth-order valence-corrected chi connectivity index (χ4v) is 3.58. The number of nitrogens with two attached hydrogens (primary N) is 1. The molecule has 0 amide bonds. The Bertz CT molecular complexity index is 709. The van der Waals surface area contributed by atoms with E-state index >= 15 is 0 Å². The molecule has 2 rings (SSSR count). The van der Waals surface area contributed by atoms with Crippen LogP contribution in [0.25, 0.3) is 0 Å². The van der Waals surface area contributed by atoms with Gasteiger partial charge in [0.2, 0.25) is 0 Å². The molecule has 0 heterocycles. The van der Waals surface area contributed by atoms with Crippen LogP contribution in [0.15, 0.2) is 53.4 Å². The largest absolute Gasteiger partial charge is 0.326 e. The molecule has 0 fully saturated rings. The van der Waals surface area contributed by atoms with Crippen LogP contribution in [-0.4, -0.2) is 15.5 Å². The van der Waals surface area contributed by atoms with Crippen LogP contribution in [0.1, 0.15) is 18.1 Å². The zero-order valence-corrected chi connectivity index (χ0v) is 13.1. The van der Waals surface area contributed by atoms with Crippen LogP contribution < -0.4 is 10.0 Å². The molecule has 2 N–H and O–H groups in total. The van der Waals surface area contributed by atoms with Crippen molar-refractivity contribution < 1.29 is 8.42 Å². The van der Waals surface area contributed by atoms with Crippen LogP contribution in [0.2, 0.25) is 0 Å². The third-order valence-electron chi connectivity index (χ3n) is 3.54. The molecule has 0 atom stereocenters. The molecule has 0 unspecified atom stereocenters. The molecule has 112 valence electrons. The van der Waals surface area contributed by atoms with E-state index in [9.17, 15) is 8.42 Å². The summed E-state index contributed by atoms with van der Waals surface area (Å²) < 4.78 is 26.8. The fraction of sp³-hybridized carbons (Fsp3) is 0.250. The van der Waals surface area contributed by atoms with Gasteiger partial charge in [-0.1, -0.05) is 37.3 Å². The summed E-state index contributed by atoms with van der Waals surface area (Å²) in [5.41, 5.74) is 8.07. The van der Waals surface area contributed by atoms with E-state index in [1.165, 1.54) is 9.87 Å². The Balaban J connectivity index is 2.42. The second-order valence-electron chi connectivity index (χ2n) is 4.80. The van der Waals surface area contributed by atoms with Gasteiger partial charge in [0.25, 0.3) is 10.0 Å². The molecule has 0 radical (unpaired) electrons. The Kier molecular flexibility index (Phi) is 4.65. The molecule has 0 saturated carbocycles. The number of rotatable bonds is 5. The number of nitrogens with zero attached hydrogens (tertiary/aromatic N) is 1. The standard InChI is InChI=1S/C16H20N2O2S/c1-3-13-8-10-15(11-9-13)18(2)21(19,20)16-7-5-4-6-14(16)12-17/h4-11H,3,12,17H2,1-2H3. The van der Waals surface area contributed by atoms with E-state index < -0.39 is 10.0 Å². The van der Waals surface area contributed by atoms with Crippen molar-refractivity contribution in [2.45, 2.75) is 24.8 Å². The van der Waals surface area contributed by atoms with E-state index in [2.05, 4.69) is 6.92 Å². The zero-order chi connectivity index (χ0) is 15.5. The highest BCUT2D eigenvalue weighted by molar-refractivity contribution is 7.92. The van der Waals surface area contributed by atoms with Crippen molar-refractivity contribution in [2.24, 2.45) is 5.73 Å². The van der Waals surface area contributed by atoms with Gasteiger partial charge in [-0.15, -0.1) is 0 Å². The number of sulfonamides is 1. The molecule has 0 aliphatic carbocycles. The maximum Gasteiger partial charge on any atom is 0.264 e. The normalized spacial score (nSPS) is 11.4. The Morgan fingerprint density at radius 1 is 1.05 bits per heavy atom. The van der Waals surface area contributed by atoms with Gasteiger partial charge < -0.3 is 5.73 Å².